The van der Waals surface area contributed by atoms with E-state index in [4.69, 9.17) is 10.3 Å². The van der Waals surface area contributed by atoms with Crippen molar-refractivity contribution in [2.45, 2.75) is 36.7 Å². The summed E-state index contributed by atoms with van der Waals surface area (Å²) in [4.78, 5) is 11.9. The van der Waals surface area contributed by atoms with Crippen LogP contribution in [0.25, 0.3) is 10.9 Å². The van der Waals surface area contributed by atoms with Gasteiger partial charge in [0, 0.05) is 36.4 Å². The normalized spacial score (nSPS) is 21.9. The van der Waals surface area contributed by atoms with Crippen molar-refractivity contribution in [2.24, 2.45) is 5.92 Å². The number of hydroxylamine groups is 1. The van der Waals surface area contributed by atoms with Gasteiger partial charge in [0.25, 0.3) is 5.91 Å². The van der Waals surface area contributed by atoms with Gasteiger partial charge in [-0.3, -0.25) is 14.7 Å². The van der Waals surface area contributed by atoms with Crippen molar-refractivity contribution < 1.29 is 27.9 Å². The number of halogens is 1. The van der Waals surface area contributed by atoms with Gasteiger partial charge in [-0.1, -0.05) is 11.8 Å². The summed E-state index contributed by atoms with van der Waals surface area (Å²) < 4.78 is 37.4. The minimum atomic E-state index is -3.79. The van der Waals surface area contributed by atoms with Crippen LogP contribution in [0.4, 0.5) is 4.39 Å². The first kappa shape index (κ1) is 22.8. The highest BCUT2D eigenvalue weighted by Crippen LogP contribution is 2.46. The number of carbonyl (C=O) groups is 1. The number of alkyl halides is 1. The Bertz CT molecular complexity index is 1250. The molecule has 3 rings (SSSR count). The third-order valence-corrected chi connectivity index (χ3v) is 7.58. The van der Waals surface area contributed by atoms with E-state index in [1.165, 1.54) is 17.1 Å². The van der Waals surface area contributed by atoms with Gasteiger partial charge < -0.3 is 5.11 Å². The minimum Gasteiger partial charge on any atom is -0.393 e. The van der Waals surface area contributed by atoms with Crippen molar-refractivity contribution in [1.82, 2.24) is 15.3 Å². The topological polar surface area (TPSA) is 122 Å². The van der Waals surface area contributed by atoms with Gasteiger partial charge in [0.05, 0.1) is 18.0 Å². The van der Waals surface area contributed by atoms with Gasteiger partial charge in [-0.2, -0.15) is 5.10 Å². The van der Waals surface area contributed by atoms with E-state index in [-0.39, 0.29) is 19.4 Å². The molecule has 1 heterocycles. The SMILES string of the molecule is C[C@@](CCn1cc2cc(C#CC#C[C@H]3C[C@]3(F)CO)ccc2n1)(C(=O)NO)S(C)(=O)=O. The van der Waals surface area contributed by atoms with Crippen LogP contribution in [0.2, 0.25) is 0 Å². The molecule has 0 saturated heterocycles. The van der Waals surface area contributed by atoms with Crippen molar-refractivity contribution in [3.63, 3.8) is 0 Å². The molecule has 164 valence electrons. The van der Waals surface area contributed by atoms with E-state index in [2.05, 4.69) is 28.8 Å². The maximum Gasteiger partial charge on any atom is 0.264 e. The molecule has 1 aliphatic rings. The first-order chi connectivity index (χ1) is 14.5. The first-order valence-corrected chi connectivity index (χ1v) is 11.3. The van der Waals surface area contributed by atoms with E-state index >= 15 is 0 Å². The number of nitrogens with zero attached hydrogens (tertiary/aromatic N) is 2. The van der Waals surface area contributed by atoms with Crippen LogP contribution in [0.1, 0.15) is 25.3 Å². The van der Waals surface area contributed by atoms with Crippen LogP contribution in [0.15, 0.2) is 24.4 Å². The first-order valence-electron chi connectivity index (χ1n) is 9.45. The molecule has 1 fully saturated rings. The summed E-state index contributed by atoms with van der Waals surface area (Å²) in [6.07, 6.45) is 2.78. The van der Waals surface area contributed by atoms with E-state index in [9.17, 15) is 17.6 Å². The maximum atomic E-state index is 13.6. The van der Waals surface area contributed by atoms with Crippen molar-refractivity contribution in [3.8, 4) is 23.7 Å². The minimum absolute atomic E-state index is 0.0838. The molecule has 3 atom stereocenters. The number of benzene rings is 1. The molecule has 1 aromatic heterocycles. The summed E-state index contributed by atoms with van der Waals surface area (Å²) in [6, 6.07) is 5.28. The lowest BCUT2D eigenvalue weighted by atomic mass is 10.1. The van der Waals surface area contributed by atoms with Crippen LogP contribution in [0, 0.1) is 29.6 Å². The number of nitrogens with one attached hydrogen (secondary N) is 1. The number of aliphatic hydroxyl groups excluding tert-OH is 1. The number of aliphatic hydroxyl groups is 1. The molecule has 3 N–H and O–H groups in total. The van der Waals surface area contributed by atoms with E-state index in [0.29, 0.717) is 11.1 Å². The van der Waals surface area contributed by atoms with Crippen LogP contribution in [0.5, 0.6) is 0 Å². The molecular formula is C21H22FN3O5S. The molecule has 0 unspecified atom stereocenters. The second-order valence-corrected chi connectivity index (χ2v) is 10.3. The summed E-state index contributed by atoms with van der Waals surface area (Å²) in [5, 5.41) is 22.9. The number of amides is 1. The second-order valence-electron chi connectivity index (χ2n) is 7.83. The predicted molar refractivity (Wildman–Crippen MR) is 111 cm³/mol. The number of hydrogen-bond donors (Lipinski definition) is 3. The van der Waals surface area contributed by atoms with Gasteiger partial charge in [-0.25, -0.2) is 18.3 Å². The maximum absolute atomic E-state index is 13.6. The van der Waals surface area contributed by atoms with E-state index < -0.39 is 38.7 Å². The molecule has 2 aromatic rings. The molecule has 0 aliphatic heterocycles. The molecule has 0 radical (unpaired) electrons. The Morgan fingerprint density at radius 1 is 1.45 bits per heavy atom. The summed E-state index contributed by atoms with van der Waals surface area (Å²) in [5.41, 5.74) is 1.16. The lowest BCUT2D eigenvalue weighted by molar-refractivity contribution is -0.131. The lowest BCUT2D eigenvalue weighted by Gasteiger charge is -2.24. The fraction of sp³-hybridized carbons (Fsp3) is 0.429. The summed E-state index contributed by atoms with van der Waals surface area (Å²) in [7, 11) is -3.79. The number of carbonyl (C=O) groups excluding carboxylic acids is 1. The third kappa shape index (κ3) is 4.72. The number of aryl methyl sites for hydroxylation is 1. The van der Waals surface area contributed by atoms with Crippen molar-refractivity contribution in [2.75, 3.05) is 12.9 Å². The van der Waals surface area contributed by atoms with E-state index in [0.717, 1.165) is 11.6 Å². The van der Waals surface area contributed by atoms with E-state index in [1.807, 2.05) is 0 Å². The molecular weight excluding hydrogens is 425 g/mol. The number of rotatable bonds is 6. The average Bonchev–Trinajstić information content (AvgIpc) is 3.20. The van der Waals surface area contributed by atoms with Crippen LogP contribution in [0.3, 0.4) is 0 Å². The highest BCUT2D eigenvalue weighted by atomic mass is 32.2. The number of fused-ring (bicyclic) bond motifs is 1. The zero-order chi connectivity index (χ0) is 22.9. The van der Waals surface area contributed by atoms with Crippen LogP contribution in [-0.4, -0.2) is 57.7 Å². The second kappa shape index (κ2) is 8.31. The van der Waals surface area contributed by atoms with Gasteiger partial charge in [0.1, 0.15) is 5.67 Å². The van der Waals surface area contributed by atoms with Gasteiger partial charge in [-0.15, -0.1) is 0 Å². The molecule has 1 aromatic carbocycles. The predicted octanol–water partition coefficient (Wildman–Crippen LogP) is 0.811. The van der Waals surface area contributed by atoms with Crippen LogP contribution < -0.4 is 5.48 Å². The molecule has 8 nitrogen and oxygen atoms in total. The lowest BCUT2D eigenvalue weighted by Crippen LogP contribution is -2.49. The Labute approximate surface area is 179 Å². The standard InChI is InChI=1S/C21H22FN3O5S/c1-20(19(27)24-28,31(2,29)30)9-10-25-13-16-11-15(7-8-18(16)23-25)5-3-4-6-17-12-21(17,22)14-26/h7-8,11,13,17,26,28H,9-10,12,14H2,1-2H3,(H,24,27)/t17-,20+,21-/m0/s1. The van der Waals surface area contributed by atoms with Gasteiger partial charge >= 0.3 is 0 Å². The largest absolute Gasteiger partial charge is 0.393 e. The zero-order valence-corrected chi connectivity index (χ0v) is 17.8. The average molecular weight is 447 g/mol. The molecule has 1 saturated carbocycles. The number of hydrogen-bond acceptors (Lipinski definition) is 6. The van der Waals surface area contributed by atoms with Gasteiger partial charge in [0.2, 0.25) is 0 Å². The Hall–Kier alpha value is -2.92. The fourth-order valence-electron chi connectivity index (χ4n) is 3.04. The Morgan fingerprint density at radius 3 is 2.81 bits per heavy atom. The summed E-state index contributed by atoms with van der Waals surface area (Å²) in [6.45, 7) is 0.852. The monoisotopic (exact) mass is 447 g/mol. The van der Waals surface area contributed by atoms with Crippen molar-refractivity contribution in [3.05, 3.63) is 30.0 Å². The third-order valence-electron chi connectivity index (χ3n) is 5.56. The van der Waals surface area contributed by atoms with E-state index in [1.54, 1.807) is 24.4 Å². The number of sulfone groups is 1. The Morgan fingerprint density at radius 2 is 2.19 bits per heavy atom. The fourth-order valence-corrected chi connectivity index (χ4v) is 3.89. The summed E-state index contributed by atoms with van der Waals surface area (Å²) >= 11 is 0. The molecule has 10 heteroatoms. The highest BCUT2D eigenvalue weighted by molar-refractivity contribution is 7.92. The smallest absolute Gasteiger partial charge is 0.264 e. The van der Waals surface area contributed by atoms with Crippen molar-refractivity contribution >= 4 is 26.6 Å². The van der Waals surface area contributed by atoms with Crippen LogP contribution >= 0.6 is 0 Å². The Balaban J connectivity index is 1.72. The highest BCUT2D eigenvalue weighted by Gasteiger charge is 2.54. The van der Waals surface area contributed by atoms with Crippen LogP contribution in [-0.2, 0) is 21.2 Å². The molecule has 0 spiro atoms. The number of aromatic nitrogens is 2. The summed E-state index contributed by atoms with van der Waals surface area (Å²) in [5.74, 6) is 9.36. The molecule has 1 aliphatic carbocycles. The zero-order valence-electron chi connectivity index (χ0n) is 17.0. The van der Waals surface area contributed by atoms with Gasteiger partial charge in [-0.05, 0) is 43.4 Å². The molecule has 0 bridgehead atoms. The van der Waals surface area contributed by atoms with Gasteiger partial charge in [0.15, 0.2) is 14.6 Å². The molecule has 31 heavy (non-hydrogen) atoms. The molecule has 1 amide bonds. The Kier molecular flexibility index (Phi) is 6.10. The quantitative estimate of drug-likeness (QED) is 0.342. The van der Waals surface area contributed by atoms with Crippen molar-refractivity contribution in [1.29, 1.82) is 0 Å².